The number of hydrogen-bond donors (Lipinski definition) is 1. The maximum Gasteiger partial charge on any atom is 0.323 e. The van der Waals surface area contributed by atoms with Gasteiger partial charge in [-0.05, 0) is 18.3 Å². The zero-order chi connectivity index (χ0) is 12.8. The zero-order valence-electron chi connectivity index (χ0n) is 9.97. The highest BCUT2D eigenvalue weighted by Crippen LogP contribution is 2.18. The SMILES string of the molecule is CCC(CCOC(=O)CS(=O)(=O)O)C(C)C. The molecule has 0 fully saturated rings. The summed E-state index contributed by atoms with van der Waals surface area (Å²) in [7, 11) is -4.27. The standard InChI is InChI=1S/C10H20O5S/c1-4-9(8(2)3)5-6-15-10(11)7-16(12,13)14/h8-9H,4-7H2,1-3H3,(H,12,13,14). The summed E-state index contributed by atoms with van der Waals surface area (Å²) in [6.45, 7) is 6.44. The van der Waals surface area contributed by atoms with Crippen molar-refractivity contribution in [1.29, 1.82) is 0 Å². The zero-order valence-corrected chi connectivity index (χ0v) is 10.8. The van der Waals surface area contributed by atoms with Gasteiger partial charge in [0, 0.05) is 0 Å². The van der Waals surface area contributed by atoms with Gasteiger partial charge in [0.1, 0.15) is 0 Å². The molecular weight excluding hydrogens is 232 g/mol. The molecule has 0 aromatic rings. The first-order valence-corrected chi connectivity index (χ1v) is 6.98. The van der Waals surface area contributed by atoms with Crippen molar-refractivity contribution < 1.29 is 22.5 Å². The lowest BCUT2D eigenvalue weighted by Crippen LogP contribution is -2.19. The molecule has 1 unspecified atom stereocenters. The van der Waals surface area contributed by atoms with Crippen LogP contribution in [0.1, 0.15) is 33.6 Å². The van der Waals surface area contributed by atoms with Crippen LogP contribution in [0.3, 0.4) is 0 Å². The summed E-state index contributed by atoms with van der Waals surface area (Å²) in [5, 5.41) is 0. The van der Waals surface area contributed by atoms with E-state index in [1.165, 1.54) is 0 Å². The summed E-state index contributed by atoms with van der Waals surface area (Å²) in [4.78, 5) is 10.9. The molecule has 0 aromatic carbocycles. The van der Waals surface area contributed by atoms with Crippen molar-refractivity contribution in [3.05, 3.63) is 0 Å². The van der Waals surface area contributed by atoms with Crippen molar-refractivity contribution in [1.82, 2.24) is 0 Å². The smallest absolute Gasteiger partial charge is 0.323 e. The van der Waals surface area contributed by atoms with Gasteiger partial charge in [0.15, 0.2) is 5.75 Å². The Kier molecular flexibility index (Phi) is 6.59. The van der Waals surface area contributed by atoms with E-state index in [0.29, 0.717) is 18.3 Å². The van der Waals surface area contributed by atoms with E-state index < -0.39 is 21.8 Å². The van der Waals surface area contributed by atoms with Gasteiger partial charge in [0.25, 0.3) is 10.1 Å². The fourth-order valence-corrected chi connectivity index (χ4v) is 1.90. The second-order valence-corrected chi connectivity index (χ2v) is 5.60. The summed E-state index contributed by atoms with van der Waals surface area (Å²) in [5.41, 5.74) is 0. The summed E-state index contributed by atoms with van der Waals surface area (Å²) in [6, 6.07) is 0. The number of carbonyl (C=O) groups is 1. The Hall–Kier alpha value is -0.620. The van der Waals surface area contributed by atoms with Gasteiger partial charge in [-0.15, -0.1) is 0 Å². The van der Waals surface area contributed by atoms with E-state index in [-0.39, 0.29) is 6.61 Å². The van der Waals surface area contributed by atoms with E-state index in [0.717, 1.165) is 6.42 Å². The van der Waals surface area contributed by atoms with Crippen molar-refractivity contribution in [2.24, 2.45) is 11.8 Å². The minimum atomic E-state index is -4.27. The van der Waals surface area contributed by atoms with Gasteiger partial charge in [-0.1, -0.05) is 27.2 Å². The first-order valence-electron chi connectivity index (χ1n) is 5.37. The fraction of sp³-hybridized carbons (Fsp3) is 0.900. The van der Waals surface area contributed by atoms with Crippen LogP contribution in [0.2, 0.25) is 0 Å². The lowest BCUT2D eigenvalue weighted by Gasteiger charge is -2.18. The topological polar surface area (TPSA) is 80.7 Å². The van der Waals surface area contributed by atoms with E-state index >= 15 is 0 Å². The van der Waals surface area contributed by atoms with Crippen molar-refractivity contribution in [2.45, 2.75) is 33.6 Å². The third-order valence-electron chi connectivity index (χ3n) is 2.52. The Morgan fingerprint density at radius 3 is 2.31 bits per heavy atom. The summed E-state index contributed by atoms with van der Waals surface area (Å²) in [6.07, 6.45) is 1.71. The predicted octanol–water partition coefficient (Wildman–Crippen LogP) is 1.49. The molecule has 0 saturated heterocycles. The highest BCUT2D eigenvalue weighted by Gasteiger charge is 2.16. The quantitative estimate of drug-likeness (QED) is 0.548. The molecule has 1 N–H and O–H groups in total. The van der Waals surface area contributed by atoms with Crippen LogP contribution in [0, 0.1) is 11.8 Å². The Labute approximate surface area is 96.9 Å². The Morgan fingerprint density at radius 1 is 1.38 bits per heavy atom. The van der Waals surface area contributed by atoms with E-state index in [1.54, 1.807) is 0 Å². The van der Waals surface area contributed by atoms with E-state index in [9.17, 15) is 13.2 Å². The van der Waals surface area contributed by atoms with Crippen LogP contribution in [0.4, 0.5) is 0 Å². The Morgan fingerprint density at radius 2 is 1.94 bits per heavy atom. The Balaban J connectivity index is 3.86. The number of hydrogen-bond acceptors (Lipinski definition) is 4. The molecule has 0 spiro atoms. The third-order valence-corrected chi connectivity index (χ3v) is 3.12. The molecule has 5 nitrogen and oxygen atoms in total. The number of ether oxygens (including phenoxy) is 1. The van der Waals surface area contributed by atoms with Gasteiger partial charge in [-0.2, -0.15) is 8.42 Å². The van der Waals surface area contributed by atoms with E-state index in [4.69, 9.17) is 9.29 Å². The molecule has 0 radical (unpaired) electrons. The van der Waals surface area contributed by atoms with Crippen LogP contribution in [0.5, 0.6) is 0 Å². The molecule has 0 bridgehead atoms. The van der Waals surface area contributed by atoms with Crippen molar-refractivity contribution in [2.75, 3.05) is 12.4 Å². The lowest BCUT2D eigenvalue weighted by atomic mass is 9.91. The minimum Gasteiger partial charge on any atom is -0.465 e. The lowest BCUT2D eigenvalue weighted by molar-refractivity contribution is -0.141. The molecule has 0 aliphatic heterocycles. The largest absolute Gasteiger partial charge is 0.465 e. The van der Waals surface area contributed by atoms with Crippen LogP contribution in [0.25, 0.3) is 0 Å². The highest BCUT2D eigenvalue weighted by atomic mass is 32.2. The minimum absolute atomic E-state index is 0.199. The molecule has 16 heavy (non-hydrogen) atoms. The molecule has 0 amide bonds. The molecule has 0 saturated carbocycles. The van der Waals surface area contributed by atoms with E-state index in [2.05, 4.69) is 20.8 Å². The maximum absolute atomic E-state index is 10.9. The van der Waals surface area contributed by atoms with Crippen molar-refractivity contribution in [3.8, 4) is 0 Å². The molecule has 0 aliphatic rings. The average Bonchev–Trinajstić information content (AvgIpc) is 2.08. The molecule has 0 heterocycles. The molecule has 0 rings (SSSR count). The summed E-state index contributed by atoms with van der Waals surface area (Å²) in [5.74, 6) is -0.907. The monoisotopic (exact) mass is 252 g/mol. The third kappa shape index (κ3) is 7.64. The van der Waals surface area contributed by atoms with Crippen LogP contribution in [0.15, 0.2) is 0 Å². The summed E-state index contributed by atoms with van der Waals surface area (Å²) >= 11 is 0. The first kappa shape index (κ1) is 15.4. The fourth-order valence-electron chi connectivity index (χ4n) is 1.52. The Bertz CT molecular complexity index is 307. The first-order chi connectivity index (χ1) is 7.26. The number of esters is 1. The van der Waals surface area contributed by atoms with Gasteiger partial charge in [0.2, 0.25) is 0 Å². The van der Waals surface area contributed by atoms with Crippen molar-refractivity contribution in [3.63, 3.8) is 0 Å². The van der Waals surface area contributed by atoms with Gasteiger partial charge < -0.3 is 4.74 Å². The van der Waals surface area contributed by atoms with Crippen LogP contribution < -0.4 is 0 Å². The molecule has 0 aromatic heterocycles. The molecule has 0 aliphatic carbocycles. The molecule has 6 heteroatoms. The molecule has 96 valence electrons. The van der Waals surface area contributed by atoms with Crippen molar-refractivity contribution >= 4 is 16.1 Å². The van der Waals surface area contributed by atoms with E-state index in [1.807, 2.05) is 0 Å². The van der Waals surface area contributed by atoms with Gasteiger partial charge in [-0.3, -0.25) is 9.35 Å². The second-order valence-electron chi connectivity index (χ2n) is 4.15. The van der Waals surface area contributed by atoms with Crippen LogP contribution in [-0.4, -0.2) is 31.3 Å². The van der Waals surface area contributed by atoms with Crippen LogP contribution >= 0.6 is 0 Å². The predicted molar refractivity (Wildman–Crippen MR) is 60.6 cm³/mol. The second kappa shape index (κ2) is 6.85. The summed E-state index contributed by atoms with van der Waals surface area (Å²) < 4.78 is 33.8. The maximum atomic E-state index is 10.9. The molecular formula is C10H20O5S. The normalized spacial score (nSPS) is 13.8. The average molecular weight is 252 g/mol. The number of carbonyl (C=O) groups excluding carboxylic acids is 1. The van der Waals surface area contributed by atoms with Crippen LogP contribution in [-0.2, 0) is 19.6 Å². The van der Waals surface area contributed by atoms with Gasteiger partial charge in [0.05, 0.1) is 6.61 Å². The highest BCUT2D eigenvalue weighted by molar-refractivity contribution is 7.86. The number of rotatable bonds is 7. The molecule has 1 atom stereocenters. The van der Waals surface area contributed by atoms with Gasteiger partial charge in [-0.25, -0.2) is 0 Å². The van der Waals surface area contributed by atoms with Gasteiger partial charge >= 0.3 is 5.97 Å².